The van der Waals surface area contributed by atoms with Crippen molar-refractivity contribution in [1.82, 2.24) is 0 Å². The van der Waals surface area contributed by atoms with E-state index in [0.29, 0.717) is 24.7 Å². The fourth-order valence-electron chi connectivity index (χ4n) is 7.36. The Balaban J connectivity index is 0.000000127. The van der Waals surface area contributed by atoms with Crippen LogP contribution in [-0.2, 0) is 0 Å². The molecular formula is C48H33B2Br2N2O6. The van der Waals surface area contributed by atoms with Gasteiger partial charge in [0.15, 0.2) is 0 Å². The molecule has 1 radical (unpaired) electrons. The highest BCUT2D eigenvalue weighted by Crippen LogP contribution is 2.40. The van der Waals surface area contributed by atoms with E-state index in [1.807, 2.05) is 115 Å². The van der Waals surface area contributed by atoms with Crippen LogP contribution in [-0.4, -0.2) is 24.9 Å². The molecule has 0 saturated carbocycles. The van der Waals surface area contributed by atoms with Crippen molar-refractivity contribution >= 4 is 107 Å². The van der Waals surface area contributed by atoms with Gasteiger partial charge in [-0.15, -0.1) is 0 Å². The molecule has 0 amide bonds. The van der Waals surface area contributed by atoms with Crippen LogP contribution >= 0.6 is 31.9 Å². The monoisotopic (exact) mass is 913 g/mol. The highest BCUT2D eigenvalue weighted by molar-refractivity contribution is 9.11. The Morgan fingerprint density at radius 2 is 1.07 bits per heavy atom. The molecule has 8 aromatic carbocycles. The summed E-state index contributed by atoms with van der Waals surface area (Å²) >= 11 is 7.17. The quantitative estimate of drug-likeness (QED) is 0.0765. The lowest BCUT2D eigenvalue weighted by Crippen LogP contribution is -2.41. The molecule has 10 aromatic rings. The lowest BCUT2D eigenvalue weighted by atomic mass is 9.70. The third-order valence-electron chi connectivity index (χ3n) is 10.2. The summed E-state index contributed by atoms with van der Waals surface area (Å²) in [4.78, 5) is 0. The molecule has 0 atom stereocenters. The predicted molar refractivity (Wildman–Crippen MR) is 251 cm³/mol. The maximum absolute atomic E-state index is 9.53. The highest BCUT2D eigenvalue weighted by Gasteiger charge is 2.33. The van der Waals surface area contributed by atoms with E-state index < -0.39 is 0 Å². The first-order valence-corrected chi connectivity index (χ1v) is 20.5. The number of nitrogens with two attached hydrogens (primary N) is 1. The Kier molecular flexibility index (Phi) is 11.0. The zero-order chi connectivity index (χ0) is 41.2. The molecule has 0 unspecified atom stereocenters. The first-order valence-electron chi connectivity index (χ1n) is 18.9. The number of benzene rings is 8. The molecule has 12 heteroatoms. The molecule has 3 heterocycles. The first-order chi connectivity index (χ1) is 29.4. The van der Waals surface area contributed by atoms with Crippen molar-refractivity contribution in [2.75, 3.05) is 11.0 Å². The Hall–Kier alpha value is -6.59. The lowest BCUT2D eigenvalue weighted by molar-refractivity contribution is 0.454. The van der Waals surface area contributed by atoms with Crippen LogP contribution in [0.15, 0.2) is 188 Å². The Morgan fingerprint density at radius 3 is 1.72 bits per heavy atom. The van der Waals surface area contributed by atoms with Crippen LogP contribution in [0.4, 0.5) is 11.4 Å². The molecule has 8 nitrogen and oxygen atoms in total. The van der Waals surface area contributed by atoms with Gasteiger partial charge >= 0.3 is 14.7 Å². The Labute approximate surface area is 362 Å². The second kappa shape index (κ2) is 16.9. The maximum atomic E-state index is 9.53. The minimum absolute atomic E-state index is 0.0917. The van der Waals surface area contributed by atoms with Crippen LogP contribution in [0.2, 0.25) is 0 Å². The van der Waals surface area contributed by atoms with Crippen molar-refractivity contribution in [2.45, 2.75) is 0 Å². The lowest BCUT2D eigenvalue weighted by Gasteiger charge is -2.13. The molecule has 1 aliphatic heterocycles. The third-order valence-corrected chi connectivity index (χ3v) is 11.6. The summed E-state index contributed by atoms with van der Waals surface area (Å²) in [5.41, 5.74) is 15.5. The predicted octanol–water partition coefficient (Wildman–Crippen LogP) is 12.1. The number of fused-ring (bicyclic) bond motifs is 7. The van der Waals surface area contributed by atoms with E-state index >= 15 is 0 Å². The van der Waals surface area contributed by atoms with Gasteiger partial charge in [-0.1, -0.05) is 147 Å². The second-order valence-electron chi connectivity index (χ2n) is 13.9. The molecule has 5 N–H and O–H groups in total. The van der Waals surface area contributed by atoms with Crippen LogP contribution in [0.25, 0.3) is 66.1 Å². The minimum Gasteiger partial charge on any atom is -0.537 e. The molecule has 291 valence electrons. The van der Waals surface area contributed by atoms with E-state index in [2.05, 4.69) is 79.6 Å². The van der Waals surface area contributed by atoms with Crippen LogP contribution in [0.3, 0.4) is 0 Å². The summed E-state index contributed by atoms with van der Waals surface area (Å²) in [6, 6.07) is 55.2. The van der Waals surface area contributed by atoms with Crippen LogP contribution in [0, 0.1) is 0 Å². The number of nitrogen functional groups attached to an aromatic ring is 1. The molecule has 2 aromatic heterocycles. The van der Waals surface area contributed by atoms with E-state index in [1.165, 1.54) is 0 Å². The summed E-state index contributed by atoms with van der Waals surface area (Å²) in [5, 5.41) is 25.8. The molecular weight excluding hydrogens is 882 g/mol. The first kappa shape index (κ1) is 38.9. The van der Waals surface area contributed by atoms with Crippen LogP contribution in [0.5, 0.6) is 17.2 Å². The fraction of sp³-hybridized carbons (Fsp3) is 0. The van der Waals surface area contributed by atoms with Gasteiger partial charge in [0.05, 0.1) is 11.4 Å². The average Bonchev–Trinajstić information content (AvgIpc) is 3.97. The van der Waals surface area contributed by atoms with E-state index in [9.17, 15) is 5.11 Å². The van der Waals surface area contributed by atoms with Gasteiger partial charge in [-0.25, -0.2) is 0 Å². The molecule has 11 rings (SSSR count). The molecule has 1 aliphatic rings. The van der Waals surface area contributed by atoms with E-state index in [-0.39, 0.29) is 12.8 Å². The number of para-hydroxylation sites is 3. The van der Waals surface area contributed by atoms with Crippen molar-refractivity contribution in [3.8, 4) is 39.5 Å². The van der Waals surface area contributed by atoms with Gasteiger partial charge in [-0.3, -0.25) is 0 Å². The van der Waals surface area contributed by atoms with Gasteiger partial charge in [0, 0.05) is 48.2 Å². The number of hydrogen-bond acceptors (Lipinski definition) is 8. The van der Waals surface area contributed by atoms with Crippen molar-refractivity contribution in [2.24, 2.45) is 0 Å². The van der Waals surface area contributed by atoms with Crippen molar-refractivity contribution in [1.29, 1.82) is 0 Å². The maximum Gasteiger partial charge on any atom is 0.569 e. The fourth-order valence-corrected chi connectivity index (χ4v) is 8.35. The van der Waals surface area contributed by atoms with Gasteiger partial charge in [0.1, 0.15) is 39.6 Å². The summed E-state index contributed by atoms with van der Waals surface area (Å²) in [6.45, 7) is 0. The summed E-state index contributed by atoms with van der Waals surface area (Å²) < 4.78 is 25.1. The number of rotatable bonds is 5. The molecule has 0 bridgehead atoms. The minimum atomic E-state index is -0.258. The standard InChI is InChI=1S/C24H15BBrNO2.C12H9BBrO2.C12H9NO2/c26-20-11-5-2-8-16(20)15-7-1-4-10-19(15)25-27-21-14-23-18(13-24(21)29-25)17-9-3-6-12-22(17)28-23;14-11-7-3-1-5-9(11)10-6-2-4-8-12(10)16-13-15;13-9-6-12-8(5-10(9)14)7-3-1-2-4-11(7)15-12/h1-14,27H;1-8,15H;1-6,14H,13H2. The molecule has 0 spiro atoms. The topological polar surface area (TPSA) is 123 Å². The third kappa shape index (κ3) is 7.68. The molecule has 0 fully saturated rings. The van der Waals surface area contributed by atoms with E-state index in [0.717, 1.165) is 86.4 Å². The van der Waals surface area contributed by atoms with Gasteiger partial charge < -0.3 is 39.2 Å². The summed E-state index contributed by atoms with van der Waals surface area (Å²) in [7, 11) is 0.432. The van der Waals surface area contributed by atoms with Gasteiger partial charge in [-0.05, 0) is 64.6 Å². The van der Waals surface area contributed by atoms with Crippen LogP contribution < -0.4 is 25.7 Å². The number of nitrogens with one attached hydrogen (secondary N) is 1. The summed E-state index contributed by atoms with van der Waals surface area (Å²) in [6.07, 6.45) is 0. The number of phenolic OH excluding ortho intramolecular Hbond substituents is 1. The zero-order valence-electron chi connectivity index (χ0n) is 31.7. The number of aromatic hydroxyl groups is 1. The van der Waals surface area contributed by atoms with Gasteiger partial charge in [0.2, 0.25) is 0 Å². The highest BCUT2D eigenvalue weighted by atomic mass is 79.9. The number of phenols is 1. The van der Waals surface area contributed by atoms with E-state index in [1.54, 1.807) is 12.1 Å². The SMILES string of the molecule is Brc1ccccc1-c1ccccc1B1Nc2cc3oc4ccccc4c3cc2O1.Nc1cc2oc3ccccc3c2cc1O.O[B]Oc1ccccc1-c1ccccc1Br. The van der Waals surface area contributed by atoms with Gasteiger partial charge in [-0.2, -0.15) is 0 Å². The normalized spacial score (nSPS) is 11.6. The largest absolute Gasteiger partial charge is 0.569 e. The smallest absolute Gasteiger partial charge is 0.537 e. The number of halogens is 2. The van der Waals surface area contributed by atoms with Crippen molar-refractivity contribution in [3.63, 3.8) is 0 Å². The Bertz CT molecular complexity index is 3170. The zero-order valence-corrected chi connectivity index (χ0v) is 34.9. The number of furan rings is 2. The van der Waals surface area contributed by atoms with Crippen LogP contribution in [0.1, 0.15) is 0 Å². The van der Waals surface area contributed by atoms with Crippen molar-refractivity contribution in [3.05, 3.63) is 179 Å². The molecule has 0 aliphatic carbocycles. The molecule has 60 heavy (non-hydrogen) atoms. The number of hydrogen-bond donors (Lipinski definition) is 4. The second-order valence-corrected chi connectivity index (χ2v) is 15.6. The molecule has 0 saturated heterocycles. The van der Waals surface area contributed by atoms with Gasteiger partial charge in [0.25, 0.3) is 0 Å². The number of anilines is 2. The average molecular weight is 915 g/mol. The van der Waals surface area contributed by atoms with E-state index in [4.69, 9.17) is 28.9 Å². The summed E-state index contributed by atoms with van der Waals surface area (Å²) in [5.74, 6) is 1.56. The Morgan fingerprint density at radius 1 is 0.550 bits per heavy atom. The van der Waals surface area contributed by atoms with Crippen molar-refractivity contribution < 1.29 is 28.3 Å².